The van der Waals surface area contributed by atoms with Crippen molar-refractivity contribution in [1.82, 2.24) is 0 Å². The van der Waals surface area contributed by atoms with E-state index < -0.39 is 11.9 Å². The van der Waals surface area contributed by atoms with Gasteiger partial charge in [0.15, 0.2) is 11.5 Å². The number of thiophene rings is 1. The zero-order valence-electron chi connectivity index (χ0n) is 10.8. The zero-order chi connectivity index (χ0) is 14.8. The Hall–Kier alpha value is -2.54. The molecule has 0 radical (unpaired) electrons. The molecule has 0 bridgehead atoms. The van der Waals surface area contributed by atoms with Gasteiger partial charge in [0.25, 0.3) is 5.91 Å². The molecule has 108 valence electrons. The molecule has 0 saturated heterocycles. The van der Waals surface area contributed by atoms with Crippen molar-refractivity contribution in [3.05, 3.63) is 40.1 Å². The van der Waals surface area contributed by atoms with E-state index in [2.05, 4.69) is 5.32 Å². The topological polar surface area (TPSA) is 84.9 Å². The fourth-order valence-electron chi connectivity index (χ4n) is 1.95. The first-order chi connectivity index (χ1) is 10.1. The lowest BCUT2D eigenvalue weighted by atomic mass is 10.1. The molecule has 1 amide bonds. The Bertz CT molecular complexity index is 709. The number of fused-ring (bicyclic) bond motifs is 1. The van der Waals surface area contributed by atoms with Crippen LogP contribution in [0.5, 0.6) is 11.5 Å². The maximum absolute atomic E-state index is 12.2. The van der Waals surface area contributed by atoms with E-state index in [1.54, 1.807) is 29.6 Å². The highest BCUT2D eigenvalue weighted by atomic mass is 32.1. The lowest BCUT2D eigenvalue weighted by Crippen LogP contribution is -2.17. The van der Waals surface area contributed by atoms with Crippen LogP contribution in [0.3, 0.4) is 0 Å². The first-order valence-electron chi connectivity index (χ1n) is 6.17. The van der Waals surface area contributed by atoms with Crippen LogP contribution in [0, 0.1) is 0 Å². The van der Waals surface area contributed by atoms with Gasteiger partial charge in [-0.3, -0.25) is 4.79 Å². The molecule has 3 rings (SSSR count). The van der Waals surface area contributed by atoms with Crippen LogP contribution < -0.4 is 14.8 Å². The quantitative estimate of drug-likeness (QED) is 0.910. The van der Waals surface area contributed by atoms with Crippen LogP contribution in [0.25, 0.3) is 0 Å². The molecule has 0 aliphatic carbocycles. The molecule has 1 aromatic carbocycles. The Labute approximate surface area is 123 Å². The molecule has 2 heterocycles. The molecule has 1 aliphatic heterocycles. The fourth-order valence-corrected chi connectivity index (χ4v) is 2.64. The molecule has 0 spiro atoms. The van der Waals surface area contributed by atoms with Crippen molar-refractivity contribution in [3.63, 3.8) is 0 Å². The number of ether oxygens (including phenoxy) is 2. The second kappa shape index (κ2) is 5.45. The predicted molar refractivity (Wildman–Crippen MR) is 76.7 cm³/mol. The highest BCUT2D eigenvalue weighted by Gasteiger charge is 2.17. The van der Waals surface area contributed by atoms with E-state index in [1.165, 1.54) is 0 Å². The number of carboxylic acid groups (broad SMARTS) is 1. The first-order valence-corrected chi connectivity index (χ1v) is 7.05. The lowest BCUT2D eigenvalue weighted by molar-refractivity contribution is 0.0703. The van der Waals surface area contributed by atoms with E-state index in [0.717, 1.165) is 11.3 Å². The molecular weight excluding hydrogens is 294 g/mol. The highest BCUT2D eigenvalue weighted by molar-refractivity contribution is 7.12. The van der Waals surface area contributed by atoms with Crippen molar-refractivity contribution in [1.29, 1.82) is 0 Å². The molecule has 1 aromatic heterocycles. The molecule has 7 heteroatoms. The third kappa shape index (κ3) is 2.68. The van der Waals surface area contributed by atoms with Gasteiger partial charge in [0.1, 0.15) is 18.1 Å². The largest absolute Gasteiger partial charge is 0.486 e. The smallest absolute Gasteiger partial charge is 0.348 e. The van der Waals surface area contributed by atoms with Crippen molar-refractivity contribution < 1.29 is 24.2 Å². The third-order valence-electron chi connectivity index (χ3n) is 2.91. The first kappa shape index (κ1) is 13.4. The van der Waals surface area contributed by atoms with Gasteiger partial charge in [-0.05, 0) is 29.6 Å². The number of hydrogen-bond acceptors (Lipinski definition) is 5. The van der Waals surface area contributed by atoms with E-state index in [1.807, 2.05) is 0 Å². The Morgan fingerprint density at radius 2 is 1.90 bits per heavy atom. The van der Waals surface area contributed by atoms with E-state index in [0.29, 0.717) is 30.3 Å². The standard InChI is InChI=1S/C14H11NO5S/c16-13(15-9-3-6-21-12(9)14(17)18)8-1-2-10-11(7-8)20-5-4-19-10/h1-3,6-7H,4-5H2,(H,15,16)(H,17,18). The Morgan fingerprint density at radius 1 is 1.14 bits per heavy atom. The summed E-state index contributed by atoms with van der Waals surface area (Å²) < 4.78 is 10.8. The second-order valence-electron chi connectivity index (χ2n) is 4.28. The van der Waals surface area contributed by atoms with Gasteiger partial charge in [-0.25, -0.2) is 4.79 Å². The molecule has 0 saturated carbocycles. The number of amides is 1. The number of aromatic carboxylic acids is 1. The summed E-state index contributed by atoms with van der Waals surface area (Å²) in [6.07, 6.45) is 0. The summed E-state index contributed by atoms with van der Waals surface area (Å²) in [5, 5.41) is 13.2. The van der Waals surface area contributed by atoms with Gasteiger partial charge in [-0.1, -0.05) is 0 Å². The minimum Gasteiger partial charge on any atom is -0.486 e. The van der Waals surface area contributed by atoms with Crippen LogP contribution in [-0.2, 0) is 0 Å². The summed E-state index contributed by atoms with van der Waals surface area (Å²) in [6, 6.07) is 6.41. The van der Waals surface area contributed by atoms with Crippen LogP contribution in [0.2, 0.25) is 0 Å². The summed E-state index contributed by atoms with van der Waals surface area (Å²) in [5.41, 5.74) is 0.661. The number of carboxylic acids is 1. The van der Waals surface area contributed by atoms with Gasteiger partial charge in [-0.2, -0.15) is 0 Å². The minimum absolute atomic E-state index is 0.0980. The van der Waals surface area contributed by atoms with Crippen LogP contribution in [-0.4, -0.2) is 30.2 Å². The number of nitrogens with one attached hydrogen (secondary N) is 1. The van der Waals surface area contributed by atoms with Crippen molar-refractivity contribution in [2.45, 2.75) is 0 Å². The number of carbonyl (C=O) groups is 2. The molecular formula is C14H11NO5S. The average Bonchev–Trinajstić information content (AvgIpc) is 2.95. The van der Waals surface area contributed by atoms with E-state index in [9.17, 15) is 9.59 Å². The van der Waals surface area contributed by atoms with Crippen LogP contribution in [0.1, 0.15) is 20.0 Å². The molecule has 2 N–H and O–H groups in total. The number of rotatable bonds is 3. The van der Waals surface area contributed by atoms with Gasteiger partial charge < -0.3 is 19.9 Å². The summed E-state index contributed by atoms with van der Waals surface area (Å²) in [6.45, 7) is 0.918. The second-order valence-corrected chi connectivity index (χ2v) is 5.20. The maximum atomic E-state index is 12.2. The Kier molecular flexibility index (Phi) is 3.49. The fraction of sp³-hybridized carbons (Fsp3) is 0.143. The predicted octanol–water partition coefficient (Wildman–Crippen LogP) is 2.47. The third-order valence-corrected chi connectivity index (χ3v) is 3.81. The molecule has 6 nitrogen and oxygen atoms in total. The number of benzene rings is 1. The minimum atomic E-state index is -1.07. The zero-order valence-corrected chi connectivity index (χ0v) is 11.6. The van der Waals surface area contributed by atoms with E-state index in [4.69, 9.17) is 14.6 Å². The van der Waals surface area contributed by atoms with Crippen molar-refractivity contribution in [3.8, 4) is 11.5 Å². The lowest BCUT2D eigenvalue weighted by Gasteiger charge is -2.18. The summed E-state index contributed by atoms with van der Waals surface area (Å²) in [4.78, 5) is 23.3. The molecule has 0 unspecified atom stereocenters. The normalized spacial score (nSPS) is 12.8. The van der Waals surface area contributed by atoms with Crippen molar-refractivity contribution >= 4 is 28.9 Å². The summed E-state index contributed by atoms with van der Waals surface area (Å²) >= 11 is 1.06. The van der Waals surface area contributed by atoms with E-state index in [-0.39, 0.29) is 10.6 Å². The van der Waals surface area contributed by atoms with Crippen molar-refractivity contribution in [2.24, 2.45) is 0 Å². The molecule has 21 heavy (non-hydrogen) atoms. The summed E-state index contributed by atoms with van der Waals surface area (Å²) in [7, 11) is 0. The molecule has 0 fully saturated rings. The molecule has 1 aliphatic rings. The average molecular weight is 305 g/mol. The Morgan fingerprint density at radius 3 is 2.67 bits per heavy atom. The molecule has 2 aromatic rings. The van der Waals surface area contributed by atoms with E-state index >= 15 is 0 Å². The molecule has 0 atom stereocenters. The van der Waals surface area contributed by atoms with Gasteiger partial charge in [0.2, 0.25) is 0 Å². The van der Waals surface area contributed by atoms with Gasteiger partial charge >= 0.3 is 5.97 Å². The van der Waals surface area contributed by atoms with Crippen molar-refractivity contribution in [2.75, 3.05) is 18.5 Å². The highest BCUT2D eigenvalue weighted by Crippen LogP contribution is 2.31. The SMILES string of the molecule is O=C(Nc1ccsc1C(=O)O)c1ccc2c(c1)OCCO2. The van der Waals surface area contributed by atoms with Gasteiger partial charge in [0, 0.05) is 5.56 Å². The monoisotopic (exact) mass is 305 g/mol. The van der Waals surface area contributed by atoms with Crippen LogP contribution in [0.4, 0.5) is 5.69 Å². The Balaban J connectivity index is 1.82. The van der Waals surface area contributed by atoms with Crippen LogP contribution in [0.15, 0.2) is 29.6 Å². The van der Waals surface area contributed by atoms with Crippen LogP contribution >= 0.6 is 11.3 Å². The van der Waals surface area contributed by atoms with Gasteiger partial charge in [0.05, 0.1) is 5.69 Å². The maximum Gasteiger partial charge on any atom is 0.348 e. The van der Waals surface area contributed by atoms with Gasteiger partial charge in [-0.15, -0.1) is 11.3 Å². The summed E-state index contributed by atoms with van der Waals surface area (Å²) in [5.74, 6) is -0.354. The number of carbonyl (C=O) groups excluding carboxylic acids is 1. The number of anilines is 1. The number of hydrogen-bond donors (Lipinski definition) is 2.